The van der Waals surface area contributed by atoms with E-state index in [4.69, 9.17) is 0 Å². The zero-order valence-electron chi connectivity index (χ0n) is 19.1. The van der Waals surface area contributed by atoms with E-state index in [-0.39, 0.29) is 11.6 Å². The lowest BCUT2D eigenvalue weighted by Crippen LogP contribution is -2.03. The maximum atomic E-state index is 13.3. The quantitative estimate of drug-likeness (QED) is 0.337. The number of rotatable bonds is 4. The largest absolute Gasteiger partial charge is 0.325 e. The van der Waals surface area contributed by atoms with Crippen LogP contribution in [0.5, 0.6) is 0 Å². The summed E-state index contributed by atoms with van der Waals surface area (Å²) in [5.41, 5.74) is 3.73. The van der Waals surface area contributed by atoms with Gasteiger partial charge in [0.05, 0.1) is 22.1 Å². The fraction of sp³-hybridized carbons (Fsp3) is 0.462. The molecule has 168 valence electrons. The van der Waals surface area contributed by atoms with Crippen molar-refractivity contribution in [3.63, 3.8) is 0 Å². The molecule has 0 spiro atoms. The predicted octanol–water partition coefficient (Wildman–Crippen LogP) is 7.27. The summed E-state index contributed by atoms with van der Waals surface area (Å²) in [4.78, 5) is 9.17. The number of hydrogen-bond donors (Lipinski definition) is 0. The number of benzene rings is 2. The van der Waals surface area contributed by atoms with Crippen molar-refractivity contribution in [1.82, 2.24) is 19.1 Å². The second kappa shape index (κ2) is 7.98. The lowest BCUT2D eigenvalue weighted by atomic mass is 10.2. The lowest BCUT2D eigenvalue weighted by Gasteiger charge is -2.09. The van der Waals surface area contributed by atoms with E-state index in [0.29, 0.717) is 23.9 Å². The molecule has 0 aliphatic heterocycles. The van der Waals surface area contributed by atoms with Gasteiger partial charge in [-0.3, -0.25) is 0 Å². The standard InChI is InChI=1S/2C13H15FN2/c1-8(2)13-15-11-7-9(14)3-6-12(11)16(13)10-4-5-10;1-8(2)13-15-11-6-3-9(14)7-12(11)16(13)10-4-5-10/h2*3,6-8,10H,4-5H2,1-2H3. The molecule has 2 aromatic carbocycles. The van der Waals surface area contributed by atoms with Gasteiger partial charge < -0.3 is 9.13 Å². The summed E-state index contributed by atoms with van der Waals surface area (Å²) in [5, 5.41) is 0. The van der Waals surface area contributed by atoms with Crippen LogP contribution in [0.25, 0.3) is 22.1 Å². The van der Waals surface area contributed by atoms with Crippen LogP contribution in [0.15, 0.2) is 36.4 Å². The third-order valence-corrected chi connectivity index (χ3v) is 6.21. The zero-order valence-corrected chi connectivity index (χ0v) is 19.1. The van der Waals surface area contributed by atoms with E-state index in [2.05, 4.69) is 46.8 Å². The van der Waals surface area contributed by atoms with Crippen LogP contribution in [0.2, 0.25) is 0 Å². The Balaban J connectivity index is 0.000000135. The summed E-state index contributed by atoms with van der Waals surface area (Å²) < 4.78 is 30.9. The molecule has 2 saturated carbocycles. The monoisotopic (exact) mass is 436 g/mol. The van der Waals surface area contributed by atoms with E-state index in [1.165, 1.54) is 43.9 Å². The third kappa shape index (κ3) is 3.91. The first kappa shape index (κ1) is 21.1. The molecule has 2 aromatic heterocycles. The van der Waals surface area contributed by atoms with Gasteiger partial charge in [0.15, 0.2) is 0 Å². The molecule has 2 fully saturated rings. The maximum Gasteiger partial charge on any atom is 0.125 e. The van der Waals surface area contributed by atoms with E-state index in [1.54, 1.807) is 12.1 Å². The summed E-state index contributed by atoms with van der Waals surface area (Å²) in [6.45, 7) is 8.54. The van der Waals surface area contributed by atoms with Crippen molar-refractivity contribution in [2.24, 2.45) is 0 Å². The molecule has 4 aromatic rings. The Labute approximate surface area is 187 Å². The molecule has 0 saturated heterocycles. The number of aromatic nitrogens is 4. The SMILES string of the molecule is CC(C)c1nc2cc(F)ccc2n1C1CC1.CC(C)c1nc2ccc(F)cc2n1C1CC1. The van der Waals surface area contributed by atoms with Crippen molar-refractivity contribution in [2.45, 2.75) is 77.3 Å². The summed E-state index contributed by atoms with van der Waals surface area (Å²) in [7, 11) is 0. The summed E-state index contributed by atoms with van der Waals surface area (Å²) in [6, 6.07) is 10.9. The number of halogens is 2. The summed E-state index contributed by atoms with van der Waals surface area (Å²) >= 11 is 0. The van der Waals surface area contributed by atoms with E-state index in [9.17, 15) is 8.78 Å². The van der Waals surface area contributed by atoms with Gasteiger partial charge in [-0.1, -0.05) is 27.7 Å². The molecule has 2 heterocycles. The number of imidazole rings is 2. The van der Waals surface area contributed by atoms with Crippen molar-refractivity contribution in [2.75, 3.05) is 0 Å². The Morgan fingerprint density at radius 2 is 1.19 bits per heavy atom. The molecule has 4 nitrogen and oxygen atoms in total. The number of hydrogen-bond acceptors (Lipinski definition) is 2. The molecular weight excluding hydrogens is 406 g/mol. The van der Waals surface area contributed by atoms with Crippen LogP contribution in [-0.2, 0) is 0 Å². The highest BCUT2D eigenvalue weighted by atomic mass is 19.1. The molecule has 32 heavy (non-hydrogen) atoms. The second-order valence-corrected chi connectivity index (χ2v) is 9.72. The third-order valence-electron chi connectivity index (χ3n) is 6.21. The molecular formula is C26H30F2N4. The van der Waals surface area contributed by atoms with E-state index in [0.717, 1.165) is 33.7 Å². The summed E-state index contributed by atoms with van der Waals surface area (Å²) in [5.74, 6) is 2.56. The molecule has 0 atom stereocenters. The number of nitrogens with zero attached hydrogens (tertiary/aromatic N) is 4. The summed E-state index contributed by atoms with van der Waals surface area (Å²) in [6.07, 6.45) is 4.84. The minimum atomic E-state index is -0.205. The van der Waals surface area contributed by atoms with Crippen molar-refractivity contribution in [3.8, 4) is 0 Å². The Bertz CT molecular complexity index is 1270. The Hall–Kier alpha value is -2.76. The highest BCUT2D eigenvalue weighted by Gasteiger charge is 2.30. The molecule has 0 bridgehead atoms. The zero-order chi connectivity index (χ0) is 22.6. The van der Waals surface area contributed by atoms with Gasteiger partial charge in [0.1, 0.15) is 23.3 Å². The van der Waals surface area contributed by atoms with Crippen molar-refractivity contribution in [1.29, 1.82) is 0 Å². The van der Waals surface area contributed by atoms with Crippen LogP contribution in [0.1, 0.15) is 88.9 Å². The second-order valence-electron chi connectivity index (χ2n) is 9.72. The first-order valence-electron chi connectivity index (χ1n) is 11.7. The van der Waals surface area contributed by atoms with Gasteiger partial charge in [0, 0.05) is 30.0 Å². The van der Waals surface area contributed by atoms with Crippen LogP contribution >= 0.6 is 0 Å². The Morgan fingerprint density at radius 3 is 1.75 bits per heavy atom. The first-order valence-corrected chi connectivity index (χ1v) is 11.7. The van der Waals surface area contributed by atoms with E-state index in [1.807, 2.05) is 6.07 Å². The average molecular weight is 437 g/mol. The number of fused-ring (bicyclic) bond motifs is 2. The average Bonchev–Trinajstić information content (AvgIpc) is 3.68. The fourth-order valence-electron chi connectivity index (χ4n) is 4.42. The van der Waals surface area contributed by atoms with Gasteiger partial charge in [0.25, 0.3) is 0 Å². The highest BCUT2D eigenvalue weighted by Crippen LogP contribution is 2.41. The van der Waals surface area contributed by atoms with Crippen LogP contribution in [0.4, 0.5) is 8.78 Å². The molecule has 2 aliphatic rings. The normalized spacial score (nSPS) is 16.2. The first-order chi connectivity index (χ1) is 15.3. The van der Waals surface area contributed by atoms with E-state index >= 15 is 0 Å². The predicted molar refractivity (Wildman–Crippen MR) is 124 cm³/mol. The molecule has 0 unspecified atom stereocenters. The Kier molecular flexibility index (Phi) is 5.26. The van der Waals surface area contributed by atoms with Crippen LogP contribution < -0.4 is 0 Å². The topological polar surface area (TPSA) is 35.6 Å². The Morgan fingerprint density at radius 1 is 0.688 bits per heavy atom. The highest BCUT2D eigenvalue weighted by molar-refractivity contribution is 5.77. The maximum absolute atomic E-state index is 13.3. The molecule has 6 rings (SSSR count). The minimum Gasteiger partial charge on any atom is -0.325 e. The smallest absolute Gasteiger partial charge is 0.125 e. The van der Waals surface area contributed by atoms with Gasteiger partial charge in [-0.25, -0.2) is 18.7 Å². The van der Waals surface area contributed by atoms with Crippen molar-refractivity contribution < 1.29 is 8.78 Å². The van der Waals surface area contributed by atoms with Crippen molar-refractivity contribution >= 4 is 22.1 Å². The molecule has 0 radical (unpaired) electrons. The lowest BCUT2D eigenvalue weighted by molar-refractivity contribution is 0.624. The minimum absolute atomic E-state index is 0.176. The van der Waals surface area contributed by atoms with Crippen LogP contribution in [-0.4, -0.2) is 19.1 Å². The van der Waals surface area contributed by atoms with Gasteiger partial charge in [0.2, 0.25) is 0 Å². The van der Waals surface area contributed by atoms with Crippen LogP contribution in [0, 0.1) is 11.6 Å². The fourth-order valence-corrected chi connectivity index (χ4v) is 4.42. The van der Waals surface area contributed by atoms with Gasteiger partial charge in [-0.05, 0) is 56.0 Å². The molecule has 2 aliphatic carbocycles. The van der Waals surface area contributed by atoms with Gasteiger partial charge in [-0.2, -0.15) is 0 Å². The van der Waals surface area contributed by atoms with Gasteiger partial charge >= 0.3 is 0 Å². The molecule has 0 N–H and O–H groups in total. The molecule has 0 amide bonds. The van der Waals surface area contributed by atoms with E-state index < -0.39 is 0 Å². The van der Waals surface area contributed by atoms with Crippen LogP contribution in [0.3, 0.4) is 0 Å². The molecule has 6 heteroatoms. The van der Waals surface area contributed by atoms with Crippen molar-refractivity contribution in [3.05, 3.63) is 59.7 Å². The van der Waals surface area contributed by atoms with Gasteiger partial charge in [-0.15, -0.1) is 0 Å².